The van der Waals surface area contributed by atoms with E-state index >= 15 is 0 Å². The molecule has 0 bridgehead atoms. The van der Waals surface area contributed by atoms with Gasteiger partial charge in [0.2, 0.25) is 0 Å². The maximum Gasteiger partial charge on any atom is 0.253 e. The zero-order valence-electron chi connectivity index (χ0n) is 8.76. The van der Waals surface area contributed by atoms with Crippen molar-refractivity contribution in [2.75, 3.05) is 6.54 Å². The smallest absolute Gasteiger partial charge is 0.253 e. The molecule has 1 aromatic heterocycles. The number of aliphatic hydroxyl groups is 1. The normalized spacial score (nSPS) is 16.8. The quantitative estimate of drug-likeness (QED) is 0.683. The molecule has 86 valence electrons. The predicted octanol–water partition coefficient (Wildman–Crippen LogP) is 0.288. The minimum absolute atomic E-state index is 0.0459. The molecule has 1 atom stereocenters. The lowest BCUT2D eigenvalue weighted by molar-refractivity contribution is 0.0900. The highest BCUT2D eigenvalue weighted by atomic mass is 16.3. The molecule has 0 spiro atoms. The van der Waals surface area contributed by atoms with Gasteiger partial charge in [0.05, 0.1) is 17.9 Å². The maximum absolute atomic E-state index is 11.6. The summed E-state index contributed by atoms with van der Waals surface area (Å²) in [5.41, 5.74) is 0.294. The molecule has 0 aromatic carbocycles. The second-order valence-corrected chi connectivity index (χ2v) is 4.05. The van der Waals surface area contributed by atoms with Crippen LogP contribution in [0.3, 0.4) is 0 Å². The van der Waals surface area contributed by atoms with Crippen molar-refractivity contribution in [1.29, 1.82) is 0 Å². The summed E-state index contributed by atoms with van der Waals surface area (Å²) < 4.78 is 0. The van der Waals surface area contributed by atoms with Gasteiger partial charge in [-0.2, -0.15) is 0 Å². The molecule has 1 saturated carbocycles. The number of aliphatic hydroxyl groups excluding tert-OH is 1. The summed E-state index contributed by atoms with van der Waals surface area (Å²) in [4.78, 5) is 15.3. The number of carbonyl (C=O) groups is 1. The van der Waals surface area contributed by atoms with Crippen molar-refractivity contribution in [3.05, 3.63) is 24.0 Å². The Labute approximate surface area is 93.1 Å². The Morgan fingerprint density at radius 1 is 1.56 bits per heavy atom. The van der Waals surface area contributed by atoms with Crippen LogP contribution in [0.15, 0.2) is 18.5 Å². The lowest BCUT2D eigenvalue weighted by Gasteiger charge is -2.10. The Bertz CT molecular complexity index is 391. The zero-order valence-corrected chi connectivity index (χ0v) is 8.76. The van der Waals surface area contributed by atoms with E-state index in [1.807, 2.05) is 0 Å². The van der Waals surface area contributed by atoms with E-state index in [-0.39, 0.29) is 18.2 Å². The molecule has 1 aromatic rings. The van der Waals surface area contributed by atoms with Crippen molar-refractivity contribution in [2.45, 2.75) is 18.9 Å². The Balaban J connectivity index is 1.87. The maximum atomic E-state index is 11.6. The molecule has 5 nitrogen and oxygen atoms in total. The molecule has 1 amide bonds. The van der Waals surface area contributed by atoms with Gasteiger partial charge in [-0.15, -0.1) is 0 Å². The third-order valence-electron chi connectivity index (χ3n) is 2.62. The number of amides is 1. The van der Waals surface area contributed by atoms with Crippen LogP contribution in [-0.4, -0.2) is 33.8 Å². The van der Waals surface area contributed by atoms with E-state index in [4.69, 9.17) is 5.11 Å². The summed E-state index contributed by atoms with van der Waals surface area (Å²) in [7, 11) is 0. The average Bonchev–Trinajstić information content (AvgIpc) is 3.09. The fourth-order valence-corrected chi connectivity index (χ4v) is 1.50. The van der Waals surface area contributed by atoms with Crippen molar-refractivity contribution in [3.8, 4) is 5.75 Å². The molecule has 0 saturated heterocycles. The lowest BCUT2D eigenvalue weighted by Crippen LogP contribution is -2.33. The van der Waals surface area contributed by atoms with Crippen LogP contribution in [0.1, 0.15) is 23.2 Å². The molecule has 16 heavy (non-hydrogen) atoms. The van der Waals surface area contributed by atoms with Gasteiger partial charge in [0.1, 0.15) is 5.75 Å². The van der Waals surface area contributed by atoms with Crippen LogP contribution in [0, 0.1) is 5.92 Å². The van der Waals surface area contributed by atoms with Crippen LogP contribution in [-0.2, 0) is 0 Å². The van der Waals surface area contributed by atoms with Gasteiger partial charge in [-0.3, -0.25) is 9.78 Å². The van der Waals surface area contributed by atoms with Gasteiger partial charge in [-0.05, 0) is 24.8 Å². The number of rotatable bonds is 4. The standard InChI is InChI=1S/C11H14N2O3/c14-9-3-8(4-12-5-9)11(16)13-6-10(15)7-1-2-7/h3-5,7,10,14-15H,1-2,6H2,(H,13,16). The first-order chi connectivity index (χ1) is 7.66. The monoisotopic (exact) mass is 222 g/mol. The summed E-state index contributed by atoms with van der Waals surface area (Å²) in [6.07, 6.45) is 4.23. The van der Waals surface area contributed by atoms with Crippen LogP contribution in [0.2, 0.25) is 0 Å². The third kappa shape index (κ3) is 2.70. The average molecular weight is 222 g/mol. The summed E-state index contributed by atoms with van der Waals surface area (Å²) in [6.45, 7) is 0.249. The Hall–Kier alpha value is -1.62. The topological polar surface area (TPSA) is 82.5 Å². The highest BCUT2D eigenvalue weighted by Gasteiger charge is 2.29. The number of hydrogen-bond acceptors (Lipinski definition) is 4. The molecule has 1 aliphatic rings. The highest BCUT2D eigenvalue weighted by molar-refractivity contribution is 5.94. The van der Waals surface area contributed by atoms with Crippen LogP contribution in [0.25, 0.3) is 0 Å². The minimum Gasteiger partial charge on any atom is -0.506 e. The molecule has 2 rings (SSSR count). The van der Waals surface area contributed by atoms with Crippen molar-refractivity contribution >= 4 is 5.91 Å². The third-order valence-corrected chi connectivity index (χ3v) is 2.62. The van der Waals surface area contributed by atoms with Gasteiger partial charge in [0, 0.05) is 12.7 Å². The van der Waals surface area contributed by atoms with Gasteiger partial charge in [-0.1, -0.05) is 0 Å². The number of pyridine rings is 1. The Kier molecular flexibility index (Phi) is 3.05. The van der Waals surface area contributed by atoms with E-state index in [0.717, 1.165) is 12.8 Å². The molecule has 1 heterocycles. The van der Waals surface area contributed by atoms with Crippen molar-refractivity contribution in [2.24, 2.45) is 5.92 Å². The van der Waals surface area contributed by atoms with E-state index in [1.54, 1.807) is 0 Å². The largest absolute Gasteiger partial charge is 0.506 e. The molecule has 0 radical (unpaired) electrons. The number of carbonyl (C=O) groups excluding carboxylic acids is 1. The molecule has 5 heteroatoms. The van der Waals surface area contributed by atoms with Crippen LogP contribution in [0.4, 0.5) is 0 Å². The first-order valence-corrected chi connectivity index (χ1v) is 5.27. The lowest BCUT2D eigenvalue weighted by atomic mass is 10.2. The van der Waals surface area contributed by atoms with E-state index in [0.29, 0.717) is 11.5 Å². The number of nitrogens with one attached hydrogen (secondary N) is 1. The fraction of sp³-hybridized carbons (Fsp3) is 0.455. The zero-order chi connectivity index (χ0) is 11.5. The summed E-state index contributed by atoms with van der Waals surface area (Å²) >= 11 is 0. The SMILES string of the molecule is O=C(NCC(O)C1CC1)c1cncc(O)c1. The van der Waals surface area contributed by atoms with Gasteiger partial charge in [0.25, 0.3) is 5.91 Å². The van der Waals surface area contributed by atoms with E-state index < -0.39 is 6.10 Å². The second-order valence-electron chi connectivity index (χ2n) is 4.05. The first-order valence-electron chi connectivity index (χ1n) is 5.27. The number of aromatic hydroxyl groups is 1. The number of nitrogens with zero attached hydrogens (tertiary/aromatic N) is 1. The Morgan fingerprint density at radius 2 is 2.31 bits per heavy atom. The molecular formula is C11H14N2O3. The van der Waals surface area contributed by atoms with Crippen LogP contribution < -0.4 is 5.32 Å². The van der Waals surface area contributed by atoms with Gasteiger partial charge in [0.15, 0.2) is 0 Å². The van der Waals surface area contributed by atoms with Gasteiger partial charge in [-0.25, -0.2) is 0 Å². The van der Waals surface area contributed by atoms with Crippen molar-refractivity contribution in [3.63, 3.8) is 0 Å². The Morgan fingerprint density at radius 3 is 2.94 bits per heavy atom. The van der Waals surface area contributed by atoms with Gasteiger partial charge < -0.3 is 15.5 Å². The predicted molar refractivity (Wildman–Crippen MR) is 57.0 cm³/mol. The first kappa shape index (κ1) is 10.9. The molecule has 1 aliphatic carbocycles. The summed E-state index contributed by atoms with van der Waals surface area (Å²) in [6, 6.07) is 1.34. The van der Waals surface area contributed by atoms with Crippen molar-refractivity contribution in [1.82, 2.24) is 10.3 Å². The van der Waals surface area contributed by atoms with Crippen LogP contribution >= 0.6 is 0 Å². The number of aromatic nitrogens is 1. The number of hydrogen-bond donors (Lipinski definition) is 3. The van der Waals surface area contributed by atoms with E-state index in [9.17, 15) is 9.90 Å². The van der Waals surface area contributed by atoms with Crippen molar-refractivity contribution < 1.29 is 15.0 Å². The highest BCUT2D eigenvalue weighted by Crippen LogP contribution is 2.32. The summed E-state index contributed by atoms with van der Waals surface area (Å²) in [5, 5.41) is 21.3. The summed E-state index contributed by atoms with van der Waals surface area (Å²) in [5.74, 6) is -0.0407. The van der Waals surface area contributed by atoms with Gasteiger partial charge >= 0.3 is 0 Å². The molecule has 3 N–H and O–H groups in total. The van der Waals surface area contributed by atoms with Crippen LogP contribution in [0.5, 0.6) is 5.75 Å². The molecular weight excluding hydrogens is 208 g/mol. The second kappa shape index (κ2) is 4.49. The van der Waals surface area contributed by atoms with E-state index in [2.05, 4.69) is 10.3 Å². The van der Waals surface area contributed by atoms with E-state index in [1.165, 1.54) is 18.5 Å². The molecule has 1 unspecified atom stereocenters. The minimum atomic E-state index is -0.464. The molecule has 0 aliphatic heterocycles. The molecule has 1 fully saturated rings. The fourth-order valence-electron chi connectivity index (χ4n) is 1.50.